The van der Waals surface area contributed by atoms with Crippen LogP contribution in [0.15, 0.2) is 60.7 Å². The summed E-state index contributed by atoms with van der Waals surface area (Å²) in [4.78, 5) is 22.1. The number of methoxy groups -OCH3 is 2. The van der Waals surface area contributed by atoms with Gasteiger partial charge in [0, 0.05) is 17.6 Å². The van der Waals surface area contributed by atoms with Crippen LogP contribution in [0.2, 0.25) is 0 Å². The van der Waals surface area contributed by atoms with E-state index in [1.165, 1.54) is 11.1 Å². The number of nitrogens with one attached hydrogen (secondary N) is 1. The number of hydrogen-bond acceptors (Lipinski definition) is 6. The van der Waals surface area contributed by atoms with Gasteiger partial charge in [0.25, 0.3) is 5.91 Å². The molecule has 37 heavy (non-hydrogen) atoms. The van der Waals surface area contributed by atoms with Crippen LogP contribution in [0.1, 0.15) is 27.3 Å². The largest absolute Gasteiger partial charge is 0.493 e. The van der Waals surface area contributed by atoms with E-state index >= 15 is 0 Å². The highest BCUT2D eigenvalue weighted by molar-refractivity contribution is 6.13. The molecule has 5 aromatic rings. The number of benzene rings is 3. The van der Waals surface area contributed by atoms with Gasteiger partial charge in [-0.05, 0) is 67.3 Å². The van der Waals surface area contributed by atoms with Crippen molar-refractivity contribution in [3.63, 3.8) is 0 Å². The Hall–Kier alpha value is -4.59. The van der Waals surface area contributed by atoms with Crippen LogP contribution in [0.5, 0.6) is 11.5 Å². The number of hydrogen-bond donors (Lipinski definition) is 2. The molecule has 3 N–H and O–H groups in total. The summed E-state index contributed by atoms with van der Waals surface area (Å²) < 4.78 is 12.7. The van der Waals surface area contributed by atoms with Gasteiger partial charge in [0.2, 0.25) is 5.82 Å². The highest BCUT2D eigenvalue weighted by Gasteiger charge is 2.20. The Bertz CT molecular complexity index is 1640. The number of ether oxygens (including phenoxy) is 2. The maximum Gasteiger partial charge on any atom is 0.289 e. The first-order chi connectivity index (χ1) is 17.9. The maximum atomic E-state index is 13.1. The molecule has 0 aliphatic rings. The molecule has 5 rings (SSSR count). The summed E-state index contributed by atoms with van der Waals surface area (Å²) in [5, 5.41) is 4.58. The fourth-order valence-corrected chi connectivity index (χ4v) is 4.54. The SMILES string of the molecule is COc1ccc(CCNC(=O)c2nc(N)c3c4ccccc4n(-c4ccc(C)c(C)c4)c3n2)cc1OC. The van der Waals surface area contributed by atoms with Gasteiger partial charge in [-0.2, -0.15) is 0 Å². The Morgan fingerprint density at radius 2 is 1.73 bits per heavy atom. The minimum absolute atomic E-state index is 0.0326. The second-order valence-electron chi connectivity index (χ2n) is 8.95. The second-order valence-corrected chi connectivity index (χ2v) is 8.95. The molecule has 1 amide bonds. The zero-order chi connectivity index (χ0) is 26.1. The van der Waals surface area contributed by atoms with Crippen LogP contribution in [0.25, 0.3) is 27.6 Å². The normalized spacial score (nSPS) is 11.1. The number of rotatable bonds is 7. The summed E-state index contributed by atoms with van der Waals surface area (Å²) in [6.45, 7) is 4.55. The van der Waals surface area contributed by atoms with Crippen LogP contribution in [0.3, 0.4) is 0 Å². The van der Waals surface area contributed by atoms with Gasteiger partial charge in [-0.15, -0.1) is 0 Å². The first-order valence-corrected chi connectivity index (χ1v) is 12.0. The predicted molar refractivity (Wildman–Crippen MR) is 146 cm³/mol. The van der Waals surface area contributed by atoms with E-state index in [1.807, 2.05) is 47.0 Å². The maximum absolute atomic E-state index is 13.1. The lowest BCUT2D eigenvalue weighted by atomic mass is 10.1. The number of nitrogens with two attached hydrogens (primary N) is 1. The lowest BCUT2D eigenvalue weighted by Gasteiger charge is -2.11. The Morgan fingerprint density at radius 3 is 2.49 bits per heavy atom. The van der Waals surface area contributed by atoms with Crippen molar-refractivity contribution < 1.29 is 14.3 Å². The highest BCUT2D eigenvalue weighted by atomic mass is 16.5. The quantitative estimate of drug-likeness (QED) is 0.337. The average molecular weight is 496 g/mol. The van der Waals surface area contributed by atoms with E-state index in [-0.39, 0.29) is 17.5 Å². The number of fused-ring (bicyclic) bond motifs is 3. The molecule has 2 aromatic heterocycles. The van der Waals surface area contributed by atoms with E-state index in [4.69, 9.17) is 20.2 Å². The highest BCUT2D eigenvalue weighted by Crippen LogP contribution is 2.34. The van der Waals surface area contributed by atoms with Crippen molar-refractivity contribution in [1.82, 2.24) is 19.9 Å². The van der Waals surface area contributed by atoms with Crippen molar-refractivity contribution in [2.75, 3.05) is 26.5 Å². The molecule has 0 atom stereocenters. The zero-order valence-corrected chi connectivity index (χ0v) is 21.3. The van der Waals surface area contributed by atoms with Crippen LogP contribution in [-0.4, -0.2) is 41.2 Å². The van der Waals surface area contributed by atoms with Gasteiger partial charge in [-0.3, -0.25) is 9.36 Å². The first kappa shape index (κ1) is 24.1. The Balaban J connectivity index is 1.48. The molecule has 0 aliphatic carbocycles. The number of nitrogens with zero attached hydrogens (tertiary/aromatic N) is 3. The first-order valence-electron chi connectivity index (χ1n) is 12.0. The third-order valence-electron chi connectivity index (χ3n) is 6.64. The van der Waals surface area contributed by atoms with E-state index in [2.05, 4.69) is 42.3 Å². The van der Waals surface area contributed by atoms with Crippen LogP contribution >= 0.6 is 0 Å². The molecule has 0 bridgehead atoms. The summed E-state index contributed by atoms with van der Waals surface area (Å²) >= 11 is 0. The molecule has 0 radical (unpaired) electrons. The standard InChI is InChI=1S/C29H29N5O3/c1-17-9-11-20(15-18(17)2)34-22-8-6-5-7-21(22)25-26(30)32-27(33-28(25)34)29(35)31-14-13-19-10-12-23(36-3)24(16-19)37-4/h5-12,15-16H,13-14H2,1-4H3,(H,31,35)(H2,30,32,33). The van der Waals surface area contributed by atoms with Gasteiger partial charge >= 0.3 is 0 Å². The molecule has 0 spiro atoms. The molecular weight excluding hydrogens is 466 g/mol. The Morgan fingerprint density at radius 1 is 0.946 bits per heavy atom. The molecule has 3 aromatic carbocycles. The lowest BCUT2D eigenvalue weighted by molar-refractivity contribution is 0.0944. The molecule has 8 heteroatoms. The third kappa shape index (κ3) is 4.42. The average Bonchev–Trinajstić information content (AvgIpc) is 3.24. The molecule has 0 aliphatic heterocycles. The smallest absolute Gasteiger partial charge is 0.289 e. The number of anilines is 1. The molecule has 0 fully saturated rings. The van der Waals surface area contributed by atoms with Gasteiger partial charge in [-0.1, -0.05) is 30.3 Å². The number of carbonyl (C=O) groups is 1. The lowest BCUT2D eigenvalue weighted by Crippen LogP contribution is -2.28. The van der Waals surface area contributed by atoms with Crippen molar-refractivity contribution in [2.24, 2.45) is 0 Å². The van der Waals surface area contributed by atoms with Crippen LogP contribution in [-0.2, 0) is 6.42 Å². The van der Waals surface area contributed by atoms with E-state index in [1.54, 1.807) is 14.2 Å². The van der Waals surface area contributed by atoms with Crippen molar-refractivity contribution in [1.29, 1.82) is 0 Å². The van der Waals surface area contributed by atoms with Gasteiger partial charge in [0.05, 0.1) is 25.1 Å². The van der Waals surface area contributed by atoms with Crippen molar-refractivity contribution in [3.05, 3.63) is 83.2 Å². The summed E-state index contributed by atoms with van der Waals surface area (Å²) in [6, 6.07) is 19.9. The van der Waals surface area contributed by atoms with E-state index in [0.717, 1.165) is 27.5 Å². The molecular formula is C29H29N5O3. The van der Waals surface area contributed by atoms with Crippen molar-refractivity contribution in [2.45, 2.75) is 20.3 Å². The zero-order valence-electron chi connectivity index (χ0n) is 21.3. The van der Waals surface area contributed by atoms with Crippen molar-refractivity contribution >= 4 is 33.7 Å². The predicted octanol–water partition coefficient (Wildman–Crippen LogP) is 4.76. The summed E-state index contributed by atoms with van der Waals surface area (Å²) in [5.74, 6) is 1.23. The van der Waals surface area contributed by atoms with E-state index < -0.39 is 0 Å². The van der Waals surface area contributed by atoms with Crippen LogP contribution in [0, 0.1) is 13.8 Å². The number of aromatic nitrogens is 3. The number of nitrogen functional groups attached to an aromatic ring is 1. The number of carbonyl (C=O) groups excluding carboxylic acids is 1. The Kier molecular flexibility index (Phi) is 6.40. The minimum Gasteiger partial charge on any atom is -0.493 e. The summed E-state index contributed by atoms with van der Waals surface area (Å²) in [5.41, 5.74) is 12.3. The fourth-order valence-electron chi connectivity index (χ4n) is 4.54. The molecule has 0 saturated heterocycles. The number of para-hydroxylation sites is 1. The second kappa shape index (κ2) is 9.81. The van der Waals surface area contributed by atoms with Crippen LogP contribution in [0.4, 0.5) is 5.82 Å². The minimum atomic E-state index is -0.383. The Labute approximate surface area is 215 Å². The van der Waals surface area contributed by atoms with Crippen molar-refractivity contribution in [3.8, 4) is 17.2 Å². The molecule has 2 heterocycles. The third-order valence-corrected chi connectivity index (χ3v) is 6.64. The van der Waals surface area contributed by atoms with Crippen LogP contribution < -0.4 is 20.5 Å². The fraction of sp³-hybridized carbons (Fsp3) is 0.207. The number of amides is 1. The van der Waals surface area contributed by atoms with Gasteiger partial charge in [0.1, 0.15) is 5.82 Å². The molecule has 188 valence electrons. The van der Waals surface area contributed by atoms with Gasteiger partial charge in [0.15, 0.2) is 17.1 Å². The topological polar surface area (TPSA) is 104 Å². The monoisotopic (exact) mass is 495 g/mol. The summed E-state index contributed by atoms with van der Waals surface area (Å²) in [7, 11) is 3.19. The molecule has 0 unspecified atom stereocenters. The van der Waals surface area contributed by atoms with Gasteiger partial charge < -0.3 is 20.5 Å². The van der Waals surface area contributed by atoms with E-state index in [9.17, 15) is 4.79 Å². The van der Waals surface area contributed by atoms with Gasteiger partial charge in [-0.25, -0.2) is 9.97 Å². The van der Waals surface area contributed by atoms with E-state index in [0.29, 0.717) is 30.1 Å². The summed E-state index contributed by atoms with van der Waals surface area (Å²) in [6.07, 6.45) is 0.604. The number of aryl methyl sites for hydroxylation is 2. The molecule has 0 saturated carbocycles. The molecule has 8 nitrogen and oxygen atoms in total.